The van der Waals surface area contributed by atoms with E-state index in [0.29, 0.717) is 38.3 Å². The van der Waals surface area contributed by atoms with Crippen LogP contribution in [0.25, 0.3) is 5.69 Å². The van der Waals surface area contributed by atoms with Gasteiger partial charge in [-0.05, 0) is 52.0 Å². The smallest absolute Gasteiger partial charge is 0.257 e. The van der Waals surface area contributed by atoms with Gasteiger partial charge in [0.1, 0.15) is 0 Å². The highest BCUT2D eigenvalue weighted by molar-refractivity contribution is 9.10. The van der Waals surface area contributed by atoms with Gasteiger partial charge >= 0.3 is 0 Å². The van der Waals surface area contributed by atoms with Crippen molar-refractivity contribution in [1.82, 2.24) is 24.5 Å². The fourth-order valence-corrected chi connectivity index (χ4v) is 4.19. The van der Waals surface area contributed by atoms with Crippen LogP contribution in [0.4, 0.5) is 0 Å². The van der Waals surface area contributed by atoms with Crippen molar-refractivity contribution in [1.29, 1.82) is 0 Å². The number of likely N-dealkylation sites (N-methyl/N-ethyl adjacent to an activating group) is 1. The summed E-state index contributed by atoms with van der Waals surface area (Å²) in [5.74, 6) is 0.172. The van der Waals surface area contributed by atoms with Crippen LogP contribution in [-0.2, 0) is 4.79 Å². The Bertz CT molecular complexity index is 897. The molecule has 0 unspecified atom stereocenters. The minimum Gasteiger partial charge on any atom is -0.342 e. The predicted octanol–water partition coefficient (Wildman–Crippen LogP) is 2.88. The topological polar surface area (TPSA) is 61.7 Å². The summed E-state index contributed by atoms with van der Waals surface area (Å²) in [6, 6.07) is 7.88. The average Bonchev–Trinajstić information content (AvgIpc) is 3.03. The van der Waals surface area contributed by atoms with Crippen LogP contribution in [0.5, 0.6) is 0 Å². The molecule has 162 valence electrons. The highest BCUT2D eigenvalue weighted by Gasteiger charge is 2.28. The molecule has 0 N–H and O–H groups in total. The second-order valence-electron chi connectivity index (χ2n) is 7.57. The number of carbonyl (C=O) groups is 2. The molecule has 7 nitrogen and oxygen atoms in total. The molecule has 1 fully saturated rings. The molecule has 3 rings (SSSR count). The molecule has 0 spiro atoms. The summed E-state index contributed by atoms with van der Waals surface area (Å²) in [7, 11) is 0. The van der Waals surface area contributed by atoms with Crippen LogP contribution >= 0.6 is 15.9 Å². The first kappa shape index (κ1) is 22.5. The summed E-state index contributed by atoms with van der Waals surface area (Å²) in [5.41, 5.74) is 3.18. The molecular weight excluding hydrogens is 446 g/mol. The highest BCUT2D eigenvalue weighted by Crippen LogP contribution is 2.21. The van der Waals surface area contributed by atoms with Crippen molar-refractivity contribution in [3.05, 3.63) is 45.7 Å². The molecule has 1 aromatic heterocycles. The molecule has 0 saturated carbocycles. The fourth-order valence-electron chi connectivity index (χ4n) is 3.92. The van der Waals surface area contributed by atoms with Gasteiger partial charge in [-0.2, -0.15) is 5.10 Å². The largest absolute Gasteiger partial charge is 0.342 e. The van der Waals surface area contributed by atoms with Gasteiger partial charge in [0.15, 0.2) is 0 Å². The first-order chi connectivity index (χ1) is 14.3. The highest BCUT2D eigenvalue weighted by atomic mass is 79.9. The Morgan fingerprint density at radius 2 is 1.63 bits per heavy atom. The molecule has 0 atom stereocenters. The third kappa shape index (κ3) is 4.75. The molecular formula is C22H30BrN5O2. The molecule has 0 radical (unpaired) electrons. The Balaban J connectivity index is 1.67. The van der Waals surface area contributed by atoms with Crippen LogP contribution in [0.2, 0.25) is 0 Å². The molecule has 1 aliphatic rings. The second-order valence-corrected chi connectivity index (χ2v) is 8.48. The summed E-state index contributed by atoms with van der Waals surface area (Å²) in [6.07, 6.45) is 0. The molecule has 1 aliphatic heterocycles. The molecule has 1 aromatic carbocycles. The van der Waals surface area contributed by atoms with Crippen molar-refractivity contribution in [2.45, 2.75) is 27.7 Å². The number of halogens is 1. The summed E-state index contributed by atoms with van der Waals surface area (Å²) >= 11 is 3.45. The Kier molecular flexibility index (Phi) is 7.31. The van der Waals surface area contributed by atoms with E-state index in [-0.39, 0.29) is 11.8 Å². The van der Waals surface area contributed by atoms with E-state index in [1.165, 1.54) is 0 Å². The first-order valence-electron chi connectivity index (χ1n) is 10.5. The van der Waals surface area contributed by atoms with E-state index in [1.807, 2.05) is 66.4 Å². The van der Waals surface area contributed by atoms with Gasteiger partial charge < -0.3 is 9.80 Å². The summed E-state index contributed by atoms with van der Waals surface area (Å²) in [5, 5.41) is 4.61. The van der Waals surface area contributed by atoms with E-state index in [9.17, 15) is 9.59 Å². The number of aryl methyl sites for hydroxylation is 1. The minimum atomic E-state index is 0.0167. The molecule has 2 amide bonds. The number of aromatic nitrogens is 2. The van der Waals surface area contributed by atoms with Crippen LogP contribution < -0.4 is 0 Å². The molecule has 2 heterocycles. The molecule has 30 heavy (non-hydrogen) atoms. The Morgan fingerprint density at radius 3 is 2.20 bits per heavy atom. The quantitative estimate of drug-likeness (QED) is 0.644. The average molecular weight is 476 g/mol. The van der Waals surface area contributed by atoms with E-state index in [2.05, 4.69) is 25.9 Å². The van der Waals surface area contributed by atoms with E-state index in [4.69, 9.17) is 0 Å². The molecule has 1 saturated heterocycles. The van der Waals surface area contributed by atoms with Crippen LogP contribution in [0.15, 0.2) is 28.7 Å². The number of hydrogen-bond acceptors (Lipinski definition) is 4. The molecule has 0 bridgehead atoms. The lowest BCUT2D eigenvalue weighted by Crippen LogP contribution is -2.51. The first-order valence-corrected chi connectivity index (χ1v) is 11.3. The summed E-state index contributed by atoms with van der Waals surface area (Å²) in [6.45, 7) is 12.3. The third-order valence-electron chi connectivity index (χ3n) is 5.71. The third-order valence-corrected chi connectivity index (χ3v) is 6.24. The monoisotopic (exact) mass is 475 g/mol. The summed E-state index contributed by atoms with van der Waals surface area (Å²) < 4.78 is 2.83. The van der Waals surface area contributed by atoms with Crippen molar-refractivity contribution in [2.75, 3.05) is 45.8 Å². The van der Waals surface area contributed by atoms with Crippen molar-refractivity contribution in [2.24, 2.45) is 0 Å². The van der Waals surface area contributed by atoms with Crippen molar-refractivity contribution in [3.63, 3.8) is 0 Å². The van der Waals surface area contributed by atoms with E-state index < -0.39 is 0 Å². The van der Waals surface area contributed by atoms with E-state index >= 15 is 0 Å². The summed E-state index contributed by atoms with van der Waals surface area (Å²) in [4.78, 5) is 31.4. The van der Waals surface area contributed by atoms with Gasteiger partial charge in [-0.3, -0.25) is 14.5 Å². The molecule has 8 heteroatoms. The van der Waals surface area contributed by atoms with Crippen LogP contribution in [-0.4, -0.2) is 82.1 Å². The van der Waals surface area contributed by atoms with Crippen LogP contribution in [0, 0.1) is 13.8 Å². The standard InChI is InChI=1S/C22H30BrN5O2/c1-5-26(6-2)20(29)15-25-11-13-27(14-12-25)22(30)21-16(3)24-28(17(21)4)19-9-7-18(23)8-10-19/h7-10H,5-6,11-15H2,1-4H3. The van der Waals surface area contributed by atoms with E-state index in [1.54, 1.807) is 0 Å². The lowest BCUT2D eigenvalue weighted by atomic mass is 10.1. The lowest BCUT2D eigenvalue weighted by molar-refractivity contribution is -0.132. The number of amides is 2. The van der Waals surface area contributed by atoms with Gasteiger partial charge in [0.05, 0.1) is 29.2 Å². The zero-order valence-electron chi connectivity index (χ0n) is 18.2. The van der Waals surface area contributed by atoms with Crippen molar-refractivity contribution < 1.29 is 9.59 Å². The van der Waals surface area contributed by atoms with Crippen molar-refractivity contribution in [3.8, 4) is 5.69 Å². The SMILES string of the molecule is CCN(CC)C(=O)CN1CCN(C(=O)c2c(C)nn(-c3ccc(Br)cc3)c2C)CC1. The number of benzene rings is 1. The lowest BCUT2D eigenvalue weighted by Gasteiger charge is -2.35. The number of carbonyl (C=O) groups excluding carboxylic acids is 2. The van der Waals surface area contributed by atoms with Gasteiger partial charge in [0, 0.05) is 43.7 Å². The normalized spacial score (nSPS) is 14.8. The minimum absolute atomic E-state index is 0.0167. The Labute approximate surface area is 186 Å². The number of rotatable bonds is 6. The maximum absolute atomic E-state index is 13.2. The van der Waals surface area contributed by atoms with Crippen LogP contribution in [0.1, 0.15) is 35.6 Å². The van der Waals surface area contributed by atoms with Crippen LogP contribution in [0.3, 0.4) is 0 Å². The predicted molar refractivity (Wildman–Crippen MR) is 121 cm³/mol. The van der Waals surface area contributed by atoms with Gasteiger partial charge in [-0.1, -0.05) is 15.9 Å². The molecule has 2 aromatic rings. The zero-order chi connectivity index (χ0) is 21.8. The number of piperazine rings is 1. The number of nitrogens with zero attached hydrogens (tertiary/aromatic N) is 5. The van der Waals surface area contributed by atoms with Gasteiger partial charge in [-0.15, -0.1) is 0 Å². The van der Waals surface area contributed by atoms with Gasteiger partial charge in [-0.25, -0.2) is 4.68 Å². The fraction of sp³-hybridized carbons (Fsp3) is 0.500. The molecule has 0 aliphatic carbocycles. The van der Waals surface area contributed by atoms with Crippen molar-refractivity contribution >= 4 is 27.7 Å². The Morgan fingerprint density at radius 1 is 1.03 bits per heavy atom. The maximum Gasteiger partial charge on any atom is 0.257 e. The van der Waals surface area contributed by atoms with Gasteiger partial charge in [0.2, 0.25) is 5.91 Å². The van der Waals surface area contributed by atoms with Gasteiger partial charge in [0.25, 0.3) is 5.91 Å². The number of hydrogen-bond donors (Lipinski definition) is 0. The Hall–Kier alpha value is -2.19. The van der Waals surface area contributed by atoms with E-state index in [0.717, 1.165) is 34.6 Å². The zero-order valence-corrected chi connectivity index (χ0v) is 19.8. The maximum atomic E-state index is 13.2. The second kappa shape index (κ2) is 9.75.